The van der Waals surface area contributed by atoms with E-state index in [1.807, 2.05) is 48.5 Å². The second-order valence-electron chi connectivity index (χ2n) is 7.70. The molecule has 6 heteroatoms. The molecule has 1 aliphatic heterocycles. The maximum absolute atomic E-state index is 13.0. The molecule has 1 saturated heterocycles. The molecule has 0 bridgehead atoms. The van der Waals surface area contributed by atoms with Crippen LogP contribution in [0, 0.1) is 0 Å². The number of amides is 1. The number of para-hydroxylation sites is 1. The fourth-order valence-electron chi connectivity index (χ4n) is 4.01. The third kappa shape index (κ3) is 3.38. The van der Waals surface area contributed by atoms with Gasteiger partial charge in [-0.15, -0.1) is 0 Å². The van der Waals surface area contributed by atoms with Crippen molar-refractivity contribution < 1.29 is 9.21 Å². The highest BCUT2D eigenvalue weighted by atomic mass is 16.3. The van der Waals surface area contributed by atoms with Crippen LogP contribution < -0.4 is 10.2 Å². The van der Waals surface area contributed by atoms with Crippen molar-refractivity contribution in [3.8, 4) is 0 Å². The highest BCUT2D eigenvalue weighted by Gasteiger charge is 2.23. The minimum Gasteiger partial charge on any atom is -0.450 e. The quantitative estimate of drug-likeness (QED) is 0.511. The summed E-state index contributed by atoms with van der Waals surface area (Å²) in [6, 6.07) is 15.6. The van der Waals surface area contributed by atoms with E-state index in [-0.39, 0.29) is 11.7 Å². The first-order valence-electron chi connectivity index (χ1n) is 10.6. The number of nitrogens with one attached hydrogen (secondary N) is 1. The van der Waals surface area contributed by atoms with Crippen LogP contribution in [-0.2, 0) is 6.42 Å². The van der Waals surface area contributed by atoms with Gasteiger partial charge in [-0.25, -0.2) is 9.97 Å². The van der Waals surface area contributed by atoms with Crippen LogP contribution in [0.4, 0.5) is 11.5 Å². The maximum Gasteiger partial charge on any atom is 0.293 e. The minimum atomic E-state index is -0.315. The zero-order valence-corrected chi connectivity index (χ0v) is 17.0. The summed E-state index contributed by atoms with van der Waals surface area (Å²) in [6.45, 7) is 3.92. The largest absolute Gasteiger partial charge is 0.450 e. The molecule has 0 aliphatic carbocycles. The lowest BCUT2D eigenvalue weighted by molar-refractivity contribution is 0.101. The first-order chi connectivity index (χ1) is 14.7. The van der Waals surface area contributed by atoms with Gasteiger partial charge in [0, 0.05) is 24.2 Å². The van der Waals surface area contributed by atoms with Gasteiger partial charge < -0.3 is 14.6 Å². The average Bonchev–Trinajstić information content (AvgIpc) is 3.18. The van der Waals surface area contributed by atoms with Gasteiger partial charge >= 0.3 is 0 Å². The number of furan rings is 1. The molecule has 0 unspecified atom stereocenters. The van der Waals surface area contributed by atoms with Gasteiger partial charge in [0.05, 0.1) is 0 Å². The number of piperidine rings is 1. The molecule has 2 aromatic carbocycles. The van der Waals surface area contributed by atoms with E-state index in [0.717, 1.165) is 49.0 Å². The third-order valence-corrected chi connectivity index (χ3v) is 5.68. The van der Waals surface area contributed by atoms with E-state index in [1.54, 1.807) is 0 Å². The lowest BCUT2D eigenvalue weighted by Gasteiger charge is -2.27. The molecule has 1 amide bonds. The molecule has 2 aromatic heterocycles. The highest BCUT2D eigenvalue weighted by molar-refractivity contribution is 6.09. The third-order valence-electron chi connectivity index (χ3n) is 5.68. The molecular weight excluding hydrogens is 376 g/mol. The number of carbonyl (C=O) groups excluding carboxylic acids is 1. The van der Waals surface area contributed by atoms with Crippen LogP contribution in [0.25, 0.3) is 22.1 Å². The first-order valence-corrected chi connectivity index (χ1v) is 10.6. The van der Waals surface area contributed by atoms with Gasteiger partial charge in [-0.05, 0) is 55.5 Å². The molecule has 1 fully saturated rings. The van der Waals surface area contributed by atoms with Gasteiger partial charge in [-0.1, -0.05) is 31.2 Å². The Morgan fingerprint density at radius 3 is 2.57 bits per heavy atom. The number of hydrogen-bond acceptors (Lipinski definition) is 5. The minimum absolute atomic E-state index is 0.161. The second kappa shape index (κ2) is 7.78. The number of benzene rings is 2. The number of nitrogens with zero attached hydrogens (tertiary/aromatic N) is 3. The maximum atomic E-state index is 13.0. The van der Waals surface area contributed by atoms with Gasteiger partial charge in [-0.2, -0.15) is 0 Å². The van der Waals surface area contributed by atoms with E-state index >= 15 is 0 Å². The molecule has 1 N–H and O–H groups in total. The van der Waals surface area contributed by atoms with E-state index in [2.05, 4.69) is 27.1 Å². The predicted molar refractivity (Wildman–Crippen MR) is 119 cm³/mol. The van der Waals surface area contributed by atoms with Crippen LogP contribution in [-0.4, -0.2) is 29.0 Å². The Morgan fingerprint density at radius 1 is 1.03 bits per heavy atom. The monoisotopic (exact) mass is 400 g/mol. The van der Waals surface area contributed by atoms with Gasteiger partial charge in [0.2, 0.25) is 5.82 Å². The van der Waals surface area contributed by atoms with Gasteiger partial charge in [-0.3, -0.25) is 4.79 Å². The number of anilines is 2. The van der Waals surface area contributed by atoms with Crippen molar-refractivity contribution >= 4 is 39.5 Å². The Balaban J connectivity index is 1.58. The lowest BCUT2D eigenvalue weighted by atomic mass is 10.1. The molecule has 0 radical (unpaired) electrons. The summed E-state index contributed by atoms with van der Waals surface area (Å²) in [6.07, 6.45) is 4.39. The fraction of sp³-hybridized carbons (Fsp3) is 0.292. The molecule has 5 rings (SSSR count). The second-order valence-corrected chi connectivity index (χ2v) is 7.70. The topological polar surface area (TPSA) is 71.3 Å². The van der Waals surface area contributed by atoms with Gasteiger partial charge in [0.15, 0.2) is 11.4 Å². The Kier molecular flexibility index (Phi) is 4.83. The predicted octanol–water partition coefficient (Wildman–Crippen LogP) is 5.18. The van der Waals surface area contributed by atoms with Crippen LogP contribution in [0.3, 0.4) is 0 Å². The zero-order chi connectivity index (χ0) is 20.5. The van der Waals surface area contributed by atoms with E-state index in [9.17, 15) is 4.79 Å². The Labute approximate surface area is 174 Å². The molecule has 4 aromatic rings. The Morgan fingerprint density at radius 2 is 1.80 bits per heavy atom. The molecule has 0 atom stereocenters. The summed E-state index contributed by atoms with van der Waals surface area (Å²) in [5.41, 5.74) is 4.06. The molecule has 6 nitrogen and oxygen atoms in total. The molecule has 152 valence electrons. The van der Waals surface area contributed by atoms with Crippen molar-refractivity contribution in [1.29, 1.82) is 0 Å². The molecule has 30 heavy (non-hydrogen) atoms. The number of rotatable bonds is 4. The fourth-order valence-corrected chi connectivity index (χ4v) is 4.01. The zero-order valence-electron chi connectivity index (χ0n) is 17.0. The van der Waals surface area contributed by atoms with Crippen LogP contribution in [0.1, 0.15) is 42.4 Å². The van der Waals surface area contributed by atoms with E-state index < -0.39 is 0 Å². The smallest absolute Gasteiger partial charge is 0.293 e. The van der Waals surface area contributed by atoms with Gasteiger partial charge in [0.1, 0.15) is 11.1 Å². The number of aromatic nitrogens is 2. The van der Waals surface area contributed by atoms with Crippen molar-refractivity contribution in [3.05, 3.63) is 59.9 Å². The van der Waals surface area contributed by atoms with Crippen molar-refractivity contribution in [3.63, 3.8) is 0 Å². The number of aryl methyl sites for hydroxylation is 1. The summed E-state index contributed by atoms with van der Waals surface area (Å²) in [5, 5.41) is 3.83. The highest BCUT2D eigenvalue weighted by Crippen LogP contribution is 2.34. The summed E-state index contributed by atoms with van der Waals surface area (Å²) in [5.74, 6) is 0.557. The summed E-state index contributed by atoms with van der Waals surface area (Å²) < 4.78 is 6.12. The van der Waals surface area contributed by atoms with Crippen molar-refractivity contribution in [2.24, 2.45) is 0 Å². The van der Waals surface area contributed by atoms with Crippen LogP contribution >= 0.6 is 0 Å². The summed E-state index contributed by atoms with van der Waals surface area (Å²) in [4.78, 5) is 24.5. The SMILES string of the molecule is CCc1ccc(NC(=O)c2nc(N3CCCCC3)c3oc4ccccc4c3n2)cc1. The van der Waals surface area contributed by atoms with E-state index in [1.165, 1.54) is 12.0 Å². The summed E-state index contributed by atoms with van der Waals surface area (Å²) >= 11 is 0. The Hall–Kier alpha value is -3.41. The van der Waals surface area contributed by atoms with Crippen molar-refractivity contribution in [1.82, 2.24) is 9.97 Å². The normalized spacial score (nSPS) is 14.4. The van der Waals surface area contributed by atoms with Crippen LogP contribution in [0.2, 0.25) is 0 Å². The van der Waals surface area contributed by atoms with Crippen LogP contribution in [0.5, 0.6) is 0 Å². The number of carbonyl (C=O) groups is 1. The lowest BCUT2D eigenvalue weighted by Crippen LogP contribution is -2.31. The molecule has 1 aliphatic rings. The van der Waals surface area contributed by atoms with Gasteiger partial charge in [0.25, 0.3) is 5.91 Å². The van der Waals surface area contributed by atoms with Crippen LogP contribution in [0.15, 0.2) is 52.9 Å². The summed E-state index contributed by atoms with van der Waals surface area (Å²) in [7, 11) is 0. The average molecular weight is 400 g/mol. The van der Waals surface area contributed by atoms with Crippen molar-refractivity contribution in [2.75, 3.05) is 23.3 Å². The molecule has 3 heterocycles. The van der Waals surface area contributed by atoms with E-state index in [4.69, 9.17) is 4.42 Å². The van der Waals surface area contributed by atoms with E-state index in [0.29, 0.717) is 16.9 Å². The van der Waals surface area contributed by atoms with Crippen molar-refractivity contribution in [2.45, 2.75) is 32.6 Å². The first kappa shape index (κ1) is 18.6. The Bertz CT molecular complexity index is 1210. The number of hydrogen-bond donors (Lipinski definition) is 1. The standard InChI is InChI=1S/C24H24N4O2/c1-2-16-10-12-17(13-11-16)25-24(29)22-26-20-18-8-4-5-9-19(18)30-21(20)23(27-22)28-14-6-3-7-15-28/h4-5,8-13H,2-3,6-7,14-15H2,1H3,(H,25,29). The molecule has 0 saturated carbocycles. The molecule has 0 spiro atoms. The number of fused-ring (bicyclic) bond motifs is 3. The molecular formula is C24H24N4O2.